The molecule has 0 aliphatic carbocycles. The molecule has 3 aromatic carbocycles. The van der Waals surface area contributed by atoms with Crippen molar-refractivity contribution < 1.29 is 31.5 Å². The molecule has 0 saturated carbocycles. The van der Waals surface area contributed by atoms with Crippen LogP contribution in [0.25, 0.3) is 0 Å². The Kier molecular flexibility index (Phi) is 8.88. The van der Waals surface area contributed by atoms with Gasteiger partial charge in [-0.25, -0.2) is 8.42 Å². The third-order valence-electron chi connectivity index (χ3n) is 5.39. The van der Waals surface area contributed by atoms with Crippen LogP contribution in [0.2, 0.25) is 15.1 Å². The maximum Gasteiger partial charge on any atom is 0.310 e. The van der Waals surface area contributed by atoms with Crippen LogP contribution in [0.1, 0.15) is 21.9 Å². The minimum Gasteiger partial charge on any atom is -0.493 e. The van der Waals surface area contributed by atoms with E-state index < -0.39 is 39.0 Å². The van der Waals surface area contributed by atoms with Crippen molar-refractivity contribution in [3.63, 3.8) is 0 Å². The third kappa shape index (κ3) is 6.48. The van der Waals surface area contributed by atoms with Gasteiger partial charge in [-0.3, -0.25) is 4.79 Å². The summed E-state index contributed by atoms with van der Waals surface area (Å²) in [5.41, 5.74) is 0.471. The highest BCUT2D eigenvalue weighted by molar-refractivity contribution is 7.92. The first-order valence-corrected chi connectivity index (χ1v) is 13.3. The number of ketones is 1. The number of rotatable bonds is 10. The molecule has 192 valence electrons. The quantitative estimate of drug-likeness (QED) is 0.271. The molecule has 5 nitrogen and oxygen atoms in total. The van der Waals surface area contributed by atoms with Crippen molar-refractivity contribution in [2.45, 2.75) is 17.6 Å². The molecular weight excluding hydrogens is 557 g/mol. The van der Waals surface area contributed by atoms with E-state index in [9.17, 15) is 22.0 Å². The number of benzene rings is 3. The van der Waals surface area contributed by atoms with Gasteiger partial charge in [-0.1, -0.05) is 59.1 Å². The van der Waals surface area contributed by atoms with E-state index in [1.165, 1.54) is 74.9 Å². The Labute approximate surface area is 222 Å². The maximum atomic E-state index is 14.9. The highest BCUT2D eigenvalue weighted by Gasteiger charge is 2.43. The minimum atomic E-state index is -4.49. The van der Waals surface area contributed by atoms with E-state index in [1.807, 2.05) is 0 Å². The first-order chi connectivity index (χ1) is 16.9. The molecule has 3 aromatic rings. The van der Waals surface area contributed by atoms with Gasteiger partial charge >= 0.3 is 5.92 Å². The lowest BCUT2D eigenvalue weighted by atomic mass is 10.0. The molecule has 36 heavy (non-hydrogen) atoms. The predicted octanol–water partition coefficient (Wildman–Crippen LogP) is 6.62. The van der Waals surface area contributed by atoms with E-state index in [4.69, 9.17) is 44.3 Å². The van der Waals surface area contributed by atoms with Crippen LogP contribution >= 0.6 is 34.8 Å². The monoisotopic (exact) mass is 576 g/mol. The Morgan fingerprint density at radius 3 is 2.06 bits per heavy atom. The van der Waals surface area contributed by atoms with Gasteiger partial charge in [-0.05, 0) is 53.1 Å². The summed E-state index contributed by atoms with van der Waals surface area (Å²) in [5.74, 6) is -6.58. The van der Waals surface area contributed by atoms with Crippen LogP contribution in [0.4, 0.5) is 8.78 Å². The summed E-state index contributed by atoms with van der Waals surface area (Å²) in [5, 5.41) is -0.842. The number of sulfone groups is 1. The van der Waals surface area contributed by atoms with E-state index in [-0.39, 0.29) is 32.5 Å². The SMILES string of the molecule is COc1ccc(CC(F)(F)C(=O)CS(=O)(=O)C(c2ccc(Cl)cc2)c2ccc(Cl)c(Cl)c2)cc1OC. The number of ether oxygens (including phenoxy) is 2. The fourth-order valence-corrected chi connectivity index (χ4v) is 5.95. The van der Waals surface area contributed by atoms with Gasteiger partial charge in [0.05, 0.1) is 24.3 Å². The molecule has 0 saturated heterocycles. The van der Waals surface area contributed by atoms with E-state index in [1.54, 1.807) is 0 Å². The lowest BCUT2D eigenvalue weighted by Crippen LogP contribution is -2.37. The molecule has 0 N–H and O–H groups in total. The molecule has 0 radical (unpaired) electrons. The van der Waals surface area contributed by atoms with Gasteiger partial charge in [-0.15, -0.1) is 0 Å². The predicted molar refractivity (Wildman–Crippen MR) is 137 cm³/mol. The summed E-state index contributed by atoms with van der Waals surface area (Å²) in [4.78, 5) is 12.7. The second-order valence-electron chi connectivity index (χ2n) is 7.91. The van der Waals surface area contributed by atoms with Gasteiger partial charge in [0.2, 0.25) is 5.78 Å². The molecule has 11 heteroatoms. The third-order valence-corrected chi connectivity index (χ3v) is 8.31. The smallest absolute Gasteiger partial charge is 0.310 e. The van der Waals surface area contributed by atoms with Crippen molar-refractivity contribution in [2.75, 3.05) is 20.0 Å². The number of halogens is 5. The Morgan fingerprint density at radius 1 is 0.861 bits per heavy atom. The fourth-order valence-electron chi connectivity index (χ4n) is 3.64. The van der Waals surface area contributed by atoms with Crippen LogP contribution in [0.3, 0.4) is 0 Å². The van der Waals surface area contributed by atoms with E-state index in [2.05, 4.69) is 0 Å². The number of alkyl halides is 2. The Bertz CT molecular complexity index is 1360. The molecule has 0 bridgehead atoms. The van der Waals surface area contributed by atoms with Crippen LogP contribution in [0.5, 0.6) is 11.5 Å². The van der Waals surface area contributed by atoms with Crippen molar-refractivity contribution in [3.05, 3.63) is 92.4 Å². The molecule has 3 rings (SSSR count). The van der Waals surface area contributed by atoms with Crippen LogP contribution in [-0.2, 0) is 21.1 Å². The van der Waals surface area contributed by atoms with E-state index in [0.29, 0.717) is 10.8 Å². The van der Waals surface area contributed by atoms with Crippen molar-refractivity contribution in [1.29, 1.82) is 0 Å². The topological polar surface area (TPSA) is 69.7 Å². The number of Topliss-reactive ketones (excluding diaryl/α,β-unsaturated/α-hetero) is 1. The van der Waals surface area contributed by atoms with Gasteiger partial charge in [0, 0.05) is 11.4 Å². The second kappa shape index (κ2) is 11.3. The summed E-state index contributed by atoms with van der Waals surface area (Å²) in [7, 11) is -1.75. The Morgan fingerprint density at radius 2 is 1.47 bits per heavy atom. The van der Waals surface area contributed by atoms with Crippen LogP contribution in [0.15, 0.2) is 60.7 Å². The minimum absolute atomic E-state index is 0.0714. The fraction of sp³-hybridized carbons (Fsp3) is 0.240. The highest BCUT2D eigenvalue weighted by Crippen LogP contribution is 2.36. The van der Waals surface area contributed by atoms with Gasteiger partial charge in [0.1, 0.15) is 11.0 Å². The highest BCUT2D eigenvalue weighted by atomic mass is 35.5. The summed E-state index contributed by atoms with van der Waals surface area (Å²) >= 11 is 18.0. The number of hydrogen-bond acceptors (Lipinski definition) is 5. The lowest BCUT2D eigenvalue weighted by molar-refractivity contribution is -0.140. The Balaban J connectivity index is 1.93. The lowest BCUT2D eigenvalue weighted by Gasteiger charge is -2.21. The zero-order valence-corrected chi connectivity index (χ0v) is 22.2. The molecule has 0 heterocycles. The van der Waals surface area contributed by atoms with E-state index >= 15 is 0 Å². The average Bonchev–Trinajstić information content (AvgIpc) is 2.82. The second-order valence-corrected chi connectivity index (χ2v) is 11.2. The summed E-state index contributed by atoms with van der Waals surface area (Å²) < 4.78 is 66.9. The Hall–Kier alpha value is -2.39. The van der Waals surface area contributed by atoms with Crippen molar-refractivity contribution in [3.8, 4) is 11.5 Å². The maximum absolute atomic E-state index is 14.9. The molecule has 1 atom stereocenters. The number of hydrogen-bond donors (Lipinski definition) is 0. The summed E-state index contributed by atoms with van der Waals surface area (Å²) in [6, 6.07) is 14.0. The zero-order valence-electron chi connectivity index (χ0n) is 19.1. The normalized spacial score (nSPS) is 12.8. The summed E-state index contributed by atoms with van der Waals surface area (Å²) in [6.07, 6.45) is -1.01. The van der Waals surface area contributed by atoms with Crippen LogP contribution in [0, 0.1) is 0 Å². The first-order valence-electron chi connectivity index (χ1n) is 10.4. The standard InChI is InChI=1S/C25H21Cl3F2O5S/c1-34-21-10-3-15(11-22(21)35-2)13-25(29,30)23(31)14-36(32,33)24(16-4-7-18(26)8-5-16)17-6-9-19(27)20(28)12-17/h3-12,24H,13-14H2,1-2H3. The summed E-state index contributed by atoms with van der Waals surface area (Å²) in [6.45, 7) is 0. The molecular formula is C25H21Cl3F2O5S. The van der Waals surface area contributed by atoms with Crippen LogP contribution < -0.4 is 9.47 Å². The molecule has 0 aliphatic rings. The largest absolute Gasteiger partial charge is 0.493 e. The van der Waals surface area contributed by atoms with Crippen molar-refractivity contribution in [1.82, 2.24) is 0 Å². The average molecular weight is 578 g/mol. The van der Waals surface area contributed by atoms with Gasteiger partial charge < -0.3 is 9.47 Å². The van der Waals surface area contributed by atoms with Crippen molar-refractivity contribution >= 4 is 50.4 Å². The molecule has 0 fully saturated rings. The number of methoxy groups -OCH3 is 2. The van der Waals surface area contributed by atoms with Gasteiger partial charge in [0.25, 0.3) is 0 Å². The van der Waals surface area contributed by atoms with Gasteiger partial charge in [0.15, 0.2) is 21.3 Å². The van der Waals surface area contributed by atoms with Crippen LogP contribution in [-0.4, -0.2) is 40.1 Å². The molecule has 0 aliphatic heterocycles. The number of carbonyl (C=O) groups excluding carboxylic acids is 1. The molecule has 1 unspecified atom stereocenters. The molecule has 0 amide bonds. The van der Waals surface area contributed by atoms with Gasteiger partial charge in [-0.2, -0.15) is 8.78 Å². The first kappa shape index (κ1) is 28.2. The van der Waals surface area contributed by atoms with E-state index in [0.717, 1.165) is 0 Å². The van der Waals surface area contributed by atoms with Crippen molar-refractivity contribution in [2.24, 2.45) is 0 Å². The number of carbonyl (C=O) groups is 1. The molecule has 0 aromatic heterocycles. The molecule has 0 spiro atoms. The zero-order chi connectivity index (χ0) is 26.7.